The quantitative estimate of drug-likeness (QED) is 0.372. The lowest BCUT2D eigenvalue weighted by molar-refractivity contribution is 1.14. The fourth-order valence-corrected chi connectivity index (χ4v) is 3.22. The second-order valence-corrected chi connectivity index (χ2v) is 7.50. The average Bonchev–Trinajstić information content (AvgIpc) is 2.70. The van der Waals surface area contributed by atoms with Gasteiger partial charge in [-0.05, 0) is 41.1 Å². The van der Waals surface area contributed by atoms with E-state index in [1.54, 1.807) is 30.5 Å². The van der Waals surface area contributed by atoms with Crippen LogP contribution in [0.5, 0.6) is 0 Å². The highest BCUT2D eigenvalue weighted by Gasteiger charge is 2.16. The van der Waals surface area contributed by atoms with Crippen LogP contribution in [0.1, 0.15) is 6.92 Å². The molecule has 0 aliphatic rings. The number of hydrogen-bond acceptors (Lipinski definition) is 8. The second kappa shape index (κ2) is 9.03. The Morgan fingerprint density at radius 1 is 1.25 bits per heavy atom. The summed E-state index contributed by atoms with van der Waals surface area (Å²) >= 11 is 5.10. The Morgan fingerprint density at radius 3 is 2.79 bits per heavy atom. The lowest BCUT2D eigenvalue weighted by Gasteiger charge is -2.21. The van der Waals surface area contributed by atoms with Crippen molar-refractivity contribution >= 4 is 62.1 Å². The fraction of sp³-hybridized carbons (Fsp3) is 0.158. The van der Waals surface area contributed by atoms with Crippen molar-refractivity contribution in [2.24, 2.45) is 0 Å². The van der Waals surface area contributed by atoms with Crippen molar-refractivity contribution in [2.45, 2.75) is 6.92 Å². The highest BCUT2D eigenvalue weighted by atomic mass is 79.9. The molecule has 28 heavy (non-hydrogen) atoms. The van der Waals surface area contributed by atoms with Crippen LogP contribution in [-0.2, 0) is 0 Å². The monoisotopic (exact) mass is 457 g/mol. The Morgan fingerprint density at radius 2 is 2.04 bits per heavy atom. The summed E-state index contributed by atoms with van der Waals surface area (Å²) in [5.74, 6) is 1.08. The van der Waals surface area contributed by atoms with E-state index in [0.717, 1.165) is 26.9 Å². The third kappa shape index (κ3) is 4.42. The maximum atomic E-state index is 4.56. The summed E-state index contributed by atoms with van der Waals surface area (Å²) in [5, 5.41) is 6.46. The molecule has 2 aromatic heterocycles. The van der Waals surface area contributed by atoms with Crippen LogP contribution >= 0.6 is 27.9 Å². The molecule has 2 heterocycles. The zero-order chi connectivity index (χ0) is 20.1. The normalized spacial score (nSPS) is 11.0. The van der Waals surface area contributed by atoms with E-state index in [-0.39, 0.29) is 0 Å². The van der Waals surface area contributed by atoms with Gasteiger partial charge in [0.25, 0.3) is 0 Å². The van der Waals surface area contributed by atoms with Gasteiger partial charge in [0.05, 0.1) is 21.4 Å². The van der Waals surface area contributed by atoms with Crippen LogP contribution in [0.2, 0.25) is 0 Å². The lowest BCUT2D eigenvalue weighted by Crippen LogP contribution is -2.10. The molecule has 0 saturated carbocycles. The highest BCUT2D eigenvalue weighted by Crippen LogP contribution is 2.37. The molecule has 144 valence electrons. The first-order valence-electron chi connectivity index (χ1n) is 8.43. The van der Waals surface area contributed by atoms with E-state index in [2.05, 4.69) is 53.1 Å². The summed E-state index contributed by atoms with van der Waals surface area (Å²) in [6, 6.07) is 3.91. The lowest BCUT2D eigenvalue weighted by atomic mass is 10.2. The van der Waals surface area contributed by atoms with Crippen LogP contribution in [0, 0.1) is 0 Å². The van der Waals surface area contributed by atoms with Crippen molar-refractivity contribution in [3.8, 4) is 0 Å². The fourth-order valence-electron chi connectivity index (χ4n) is 2.56. The summed E-state index contributed by atoms with van der Waals surface area (Å²) in [5.41, 5.74) is 4.14. The molecular formula is C19H20BrN7S. The second-order valence-electron chi connectivity index (χ2n) is 5.73. The number of anilines is 4. The van der Waals surface area contributed by atoms with Gasteiger partial charge in [-0.25, -0.2) is 4.98 Å². The summed E-state index contributed by atoms with van der Waals surface area (Å²) in [7, 11) is 1.99. The number of allylic oxidation sites excluding steroid dienone is 2. The van der Waals surface area contributed by atoms with Crippen LogP contribution in [0.4, 0.5) is 23.1 Å². The Labute approximate surface area is 176 Å². The SMILES string of the molecule is C=C(/C=C/C)Nc1ncc(Br)c(Nc2ccc3nccnc3c2N(C)SC)n1. The van der Waals surface area contributed by atoms with E-state index >= 15 is 0 Å². The number of benzene rings is 1. The van der Waals surface area contributed by atoms with Gasteiger partial charge in [0.1, 0.15) is 11.3 Å². The van der Waals surface area contributed by atoms with E-state index in [4.69, 9.17) is 0 Å². The van der Waals surface area contributed by atoms with Gasteiger partial charge in [0.2, 0.25) is 5.95 Å². The van der Waals surface area contributed by atoms with Crippen molar-refractivity contribution in [3.63, 3.8) is 0 Å². The molecule has 0 spiro atoms. The third-order valence-electron chi connectivity index (χ3n) is 3.84. The zero-order valence-electron chi connectivity index (χ0n) is 15.8. The molecule has 0 fully saturated rings. The number of hydrogen-bond donors (Lipinski definition) is 2. The topological polar surface area (TPSA) is 78.9 Å². The van der Waals surface area contributed by atoms with E-state index < -0.39 is 0 Å². The standard InChI is InChI=1S/C19H20BrN7S/c1-5-6-12(2)24-19-23-11-13(20)18(26-19)25-15-8-7-14-16(22-10-9-21-14)17(15)27(3)28-4/h5-11H,2H2,1,3-4H3,(H2,23,24,25,26)/b6-5+. The van der Waals surface area contributed by atoms with Gasteiger partial charge in [0.15, 0.2) is 0 Å². The van der Waals surface area contributed by atoms with E-state index in [1.165, 1.54) is 0 Å². The molecule has 3 rings (SSSR count). The molecule has 7 nitrogen and oxygen atoms in total. The molecule has 3 aromatic rings. The number of fused-ring (bicyclic) bond motifs is 1. The van der Waals surface area contributed by atoms with Crippen molar-refractivity contribution in [3.05, 3.63) is 59.6 Å². The summed E-state index contributed by atoms with van der Waals surface area (Å²) in [6.45, 7) is 5.85. The zero-order valence-corrected chi connectivity index (χ0v) is 18.2. The summed E-state index contributed by atoms with van der Waals surface area (Å²) in [4.78, 5) is 17.8. The highest BCUT2D eigenvalue weighted by molar-refractivity contribution is 9.10. The maximum Gasteiger partial charge on any atom is 0.229 e. The minimum absolute atomic E-state index is 0.453. The Hall–Kier alpha value is -2.65. The number of aromatic nitrogens is 4. The number of rotatable bonds is 7. The van der Waals surface area contributed by atoms with E-state index in [9.17, 15) is 0 Å². The number of halogens is 1. The van der Waals surface area contributed by atoms with E-state index in [1.807, 2.05) is 48.8 Å². The Bertz CT molecular complexity index is 1040. The molecule has 0 aliphatic carbocycles. The predicted octanol–water partition coefficient (Wildman–Crippen LogP) is 5.14. The molecule has 9 heteroatoms. The number of nitrogens with one attached hydrogen (secondary N) is 2. The van der Waals surface area contributed by atoms with Gasteiger partial charge < -0.3 is 14.9 Å². The van der Waals surface area contributed by atoms with Crippen LogP contribution in [0.15, 0.2) is 59.6 Å². The molecule has 0 unspecified atom stereocenters. The molecule has 0 radical (unpaired) electrons. The first-order chi connectivity index (χ1) is 13.5. The maximum absolute atomic E-state index is 4.56. The van der Waals surface area contributed by atoms with Crippen LogP contribution < -0.4 is 14.9 Å². The average molecular weight is 458 g/mol. The minimum atomic E-state index is 0.453. The number of nitrogens with zero attached hydrogens (tertiary/aromatic N) is 5. The molecule has 0 atom stereocenters. The first kappa shape index (κ1) is 20.1. The Kier molecular flexibility index (Phi) is 6.48. The molecular weight excluding hydrogens is 438 g/mol. The Balaban J connectivity index is 2.01. The summed E-state index contributed by atoms with van der Waals surface area (Å²) < 4.78 is 2.79. The van der Waals surface area contributed by atoms with Gasteiger partial charge in [-0.3, -0.25) is 9.97 Å². The molecule has 1 aromatic carbocycles. The van der Waals surface area contributed by atoms with Crippen molar-refractivity contribution < 1.29 is 0 Å². The largest absolute Gasteiger partial charge is 0.337 e. The van der Waals surface area contributed by atoms with Crippen molar-refractivity contribution in [1.29, 1.82) is 0 Å². The van der Waals surface area contributed by atoms with Crippen molar-refractivity contribution in [2.75, 3.05) is 28.2 Å². The molecule has 0 bridgehead atoms. The molecule has 2 N–H and O–H groups in total. The van der Waals surface area contributed by atoms with Crippen molar-refractivity contribution in [1.82, 2.24) is 19.9 Å². The minimum Gasteiger partial charge on any atom is -0.337 e. The van der Waals surface area contributed by atoms with Gasteiger partial charge in [-0.15, -0.1) is 0 Å². The van der Waals surface area contributed by atoms with Gasteiger partial charge >= 0.3 is 0 Å². The van der Waals surface area contributed by atoms with Crippen LogP contribution in [-0.4, -0.2) is 33.2 Å². The predicted molar refractivity (Wildman–Crippen MR) is 122 cm³/mol. The molecule has 0 amide bonds. The van der Waals surface area contributed by atoms with Gasteiger partial charge in [-0.2, -0.15) is 4.98 Å². The van der Waals surface area contributed by atoms with Gasteiger partial charge in [-0.1, -0.05) is 24.6 Å². The summed E-state index contributed by atoms with van der Waals surface area (Å²) in [6.07, 6.45) is 10.8. The van der Waals surface area contributed by atoms with E-state index in [0.29, 0.717) is 17.5 Å². The molecule has 0 saturated heterocycles. The van der Waals surface area contributed by atoms with Gasteiger partial charge in [0, 0.05) is 37.6 Å². The smallest absolute Gasteiger partial charge is 0.229 e. The molecule has 0 aliphatic heterocycles. The third-order valence-corrected chi connectivity index (χ3v) is 5.15. The van der Waals surface area contributed by atoms with Crippen LogP contribution in [0.3, 0.4) is 0 Å². The van der Waals surface area contributed by atoms with Crippen LogP contribution in [0.25, 0.3) is 11.0 Å². The first-order valence-corrected chi connectivity index (χ1v) is 10.4.